The van der Waals surface area contributed by atoms with Crippen LogP contribution in [0, 0.1) is 5.92 Å². The number of carbonyl (C=O) groups is 1. The van der Waals surface area contributed by atoms with Crippen LogP contribution in [0.25, 0.3) is 0 Å². The minimum Gasteiger partial charge on any atom is -0.338 e. The van der Waals surface area contributed by atoms with Gasteiger partial charge in [0.05, 0.1) is 0 Å². The Morgan fingerprint density at radius 3 is 2.56 bits per heavy atom. The molecule has 2 atom stereocenters. The largest absolute Gasteiger partial charge is 0.338 e. The van der Waals surface area contributed by atoms with Crippen molar-refractivity contribution in [1.82, 2.24) is 9.80 Å². The average Bonchev–Trinajstić information content (AvgIpc) is 3.10. The maximum Gasteiger partial charge on any atom is 0.253 e. The Bertz CT molecular complexity index is 702. The van der Waals surface area contributed by atoms with Gasteiger partial charge in [-0.2, -0.15) is 0 Å². The van der Waals surface area contributed by atoms with E-state index in [-0.39, 0.29) is 5.91 Å². The van der Waals surface area contributed by atoms with Crippen molar-refractivity contribution in [2.24, 2.45) is 5.92 Å². The van der Waals surface area contributed by atoms with Crippen molar-refractivity contribution >= 4 is 17.5 Å². The molecule has 0 spiro atoms. The lowest BCUT2D eigenvalue weighted by Crippen LogP contribution is -2.32. The molecule has 0 bridgehead atoms. The molecular weight excluding hydrogens is 332 g/mol. The highest BCUT2D eigenvalue weighted by Gasteiger charge is 2.28. The van der Waals surface area contributed by atoms with Gasteiger partial charge in [0.25, 0.3) is 5.91 Å². The number of halogens is 1. The van der Waals surface area contributed by atoms with Crippen molar-refractivity contribution < 1.29 is 4.79 Å². The Hall–Kier alpha value is -1.84. The van der Waals surface area contributed by atoms with E-state index in [1.807, 2.05) is 47.4 Å². The molecule has 1 aliphatic rings. The zero-order valence-corrected chi connectivity index (χ0v) is 15.6. The number of nitrogens with zero attached hydrogens (tertiary/aromatic N) is 2. The first-order valence-corrected chi connectivity index (χ1v) is 9.22. The highest BCUT2D eigenvalue weighted by molar-refractivity contribution is 6.30. The number of rotatable bonds is 5. The molecule has 3 rings (SSSR count). The van der Waals surface area contributed by atoms with Crippen LogP contribution in [0.1, 0.15) is 35.3 Å². The summed E-state index contributed by atoms with van der Waals surface area (Å²) >= 11 is 5.98. The fourth-order valence-corrected chi connectivity index (χ4v) is 3.62. The van der Waals surface area contributed by atoms with Gasteiger partial charge < -0.3 is 4.90 Å². The van der Waals surface area contributed by atoms with E-state index in [0.717, 1.165) is 36.6 Å². The van der Waals surface area contributed by atoms with Crippen molar-refractivity contribution in [3.63, 3.8) is 0 Å². The van der Waals surface area contributed by atoms with Gasteiger partial charge in [0.15, 0.2) is 0 Å². The zero-order valence-electron chi connectivity index (χ0n) is 14.9. The summed E-state index contributed by atoms with van der Waals surface area (Å²) in [7, 11) is 2.15. The summed E-state index contributed by atoms with van der Waals surface area (Å²) in [4.78, 5) is 16.9. The van der Waals surface area contributed by atoms with E-state index in [1.54, 1.807) is 0 Å². The summed E-state index contributed by atoms with van der Waals surface area (Å²) in [5.41, 5.74) is 2.05. The van der Waals surface area contributed by atoms with E-state index in [2.05, 4.69) is 31.0 Å². The maximum atomic E-state index is 12.6. The highest BCUT2D eigenvalue weighted by Crippen LogP contribution is 2.25. The molecule has 0 radical (unpaired) electrons. The van der Waals surface area contributed by atoms with E-state index >= 15 is 0 Å². The molecule has 2 aromatic rings. The van der Waals surface area contributed by atoms with Crippen LogP contribution >= 0.6 is 11.6 Å². The Morgan fingerprint density at radius 1 is 1.20 bits per heavy atom. The quantitative estimate of drug-likeness (QED) is 0.787. The van der Waals surface area contributed by atoms with E-state index < -0.39 is 0 Å². The smallest absolute Gasteiger partial charge is 0.253 e. The zero-order chi connectivity index (χ0) is 17.8. The number of benzene rings is 2. The molecule has 1 heterocycles. The standard InChI is InChI=1S/C21H25ClN2O/c1-16(18-8-10-20(22)11-9-18)23(2)14-17-12-13-24(15-17)21(25)19-6-4-3-5-7-19/h3-11,16-17H,12-15H2,1-2H3/t16-,17-/m0/s1. The van der Waals surface area contributed by atoms with Crippen LogP contribution in [0.3, 0.4) is 0 Å². The predicted molar refractivity (Wildman–Crippen MR) is 103 cm³/mol. The molecule has 0 aromatic heterocycles. The van der Waals surface area contributed by atoms with E-state index in [1.165, 1.54) is 5.56 Å². The summed E-state index contributed by atoms with van der Waals surface area (Å²) in [5, 5.41) is 0.768. The summed E-state index contributed by atoms with van der Waals surface area (Å²) in [5.74, 6) is 0.670. The molecule has 1 aliphatic heterocycles. The molecule has 0 saturated carbocycles. The topological polar surface area (TPSA) is 23.6 Å². The summed E-state index contributed by atoms with van der Waals surface area (Å²) in [6, 6.07) is 18.0. The molecule has 0 N–H and O–H groups in total. The molecule has 1 fully saturated rings. The molecular formula is C21H25ClN2O. The summed E-state index contributed by atoms with van der Waals surface area (Å²) < 4.78 is 0. The molecule has 0 unspecified atom stereocenters. The third-order valence-electron chi connectivity index (χ3n) is 5.15. The monoisotopic (exact) mass is 356 g/mol. The predicted octanol–water partition coefficient (Wildman–Crippen LogP) is 4.50. The van der Waals surface area contributed by atoms with Crippen LogP contribution in [-0.2, 0) is 0 Å². The number of hydrogen-bond acceptors (Lipinski definition) is 2. The Morgan fingerprint density at radius 2 is 1.88 bits per heavy atom. The van der Waals surface area contributed by atoms with Crippen molar-refractivity contribution in [3.05, 3.63) is 70.7 Å². The summed E-state index contributed by atoms with van der Waals surface area (Å²) in [6.07, 6.45) is 1.07. The van der Waals surface area contributed by atoms with E-state index in [4.69, 9.17) is 11.6 Å². The van der Waals surface area contributed by atoms with Crippen LogP contribution < -0.4 is 0 Å². The fourth-order valence-electron chi connectivity index (χ4n) is 3.49. The van der Waals surface area contributed by atoms with Gasteiger partial charge in [0.2, 0.25) is 0 Å². The second kappa shape index (κ2) is 8.03. The number of carbonyl (C=O) groups excluding carboxylic acids is 1. The molecule has 1 amide bonds. The van der Waals surface area contributed by atoms with E-state index in [0.29, 0.717) is 12.0 Å². The molecule has 4 heteroatoms. The van der Waals surface area contributed by atoms with Gasteiger partial charge in [-0.3, -0.25) is 9.69 Å². The first kappa shape index (κ1) is 18.0. The lowest BCUT2D eigenvalue weighted by molar-refractivity contribution is 0.0783. The molecule has 3 nitrogen and oxygen atoms in total. The maximum absolute atomic E-state index is 12.6. The van der Waals surface area contributed by atoms with Gasteiger partial charge in [-0.1, -0.05) is 41.9 Å². The van der Waals surface area contributed by atoms with Crippen LogP contribution in [0.4, 0.5) is 0 Å². The van der Waals surface area contributed by atoms with Crippen molar-refractivity contribution in [1.29, 1.82) is 0 Å². The summed E-state index contributed by atoms with van der Waals surface area (Å²) in [6.45, 7) is 4.89. The highest BCUT2D eigenvalue weighted by atomic mass is 35.5. The van der Waals surface area contributed by atoms with Crippen LogP contribution in [0.2, 0.25) is 5.02 Å². The molecule has 1 saturated heterocycles. The van der Waals surface area contributed by atoms with Gasteiger partial charge in [-0.05, 0) is 56.1 Å². The van der Waals surface area contributed by atoms with Gasteiger partial charge in [0, 0.05) is 36.3 Å². The minimum absolute atomic E-state index is 0.150. The van der Waals surface area contributed by atoms with Crippen molar-refractivity contribution in [2.75, 3.05) is 26.7 Å². The molecule has 0 aliphatic carbocycles. The van der Waals surface area contributed by atoms with Gasteiger partial charge in [0.1, 0.15) is 0 Å². The SMILES string of the molecule is C[C@@H](c1ccc(Cl)cc1)N(C)C[C@@H]1CCN(C(=O)c2ccccc2)C1. The van der Waals surface area contributed by atoms with Crippen LogP contribution in [0.15, 0.2) is 54.6 Å². The second-order valence-corrected chi connectivity index (χ2v) is 7.38. The van der Waals surface area contributed by atoms with Crippen molar-refractivity contribution in [3.8, 4) is 0 Å². The lowest BCUT2D eigenvalue weighted by Gasteiger charge is -2.28. The average molecular weight is 357 g/mol. The van der Waals surface area contributed by atoms with Gasteiger partial charge >= 0.3 is 0 Å². The number of hydrogen-bond donors (Lipinski definition) is 0. The Balaban J connectivity index is 1.55. The Labute approximate surface area is 155 Å². The van der Waals surface area contributed by atoms with Crippen LogP contribution in [0.5, 0.6) is 0 Å². The second-order valence-electron chi connectivity index (χ2n) is 6.94. The molecule has 2 aromatic carbocycles. The van der Waals surface area contributed by atoms with Gasteiger partial charge in [-0.15, -0.1) is 0 Å². The molecule has 132 valence electrons. The first-order valence-electron chi connectivity index (χ1n) is 8.84. The fraction of sp³-hybridized carbons (Fsp3) is 0.381. The number of amides is 1. The lowest BCUT2D eigenvalue weighted by atomic mass is 10.0. The number of likely N-dealkylation sites (tertiary alicyclic amines) is 1. The third-order valence-corrected chi connectivity index (χ3v) is 5.41. The minimum atomic E-state index is 0.150. The Kier molecular flexibility index (Phi) is 5.77. The van der Waals surface area contributed by atoms with Crippen molar-refractivity contribution in [2.45, 2.75) is 19.4 Å². The van der Waals surface area contributed by atoms with Gasteiger partial charge in [-0.25, -0.2) is 0 Å². The normalized spacial score (nSPS) is 18.6. The molecule has 25 heavy (non-hydrogen) atoms. The van der Waals surface area contributed by atoms with Crippen LogP contribution in [-0.4, -0.2) is 42.4 Å². The third kappa shape index (κ3) is 4.42. The van der Waals surface area contributed by atoms with E-state index in [9.17, 15) is 4.79 Å². The first-order chi connectivity index (χ1) is 12.0.